The molecule has 1 rings (SSSR count). The Hall–Kier alpha value is -1.06. The zero-order chi connectivity index (χ0) is 9.68. The third kappa shape index (κ3) is 3.44. The van der Waals surface area contributed by atoms with E-state index in [1.54, 1.807) is 6.07 Å². The van der Waals surface area contributed by atoms with Crippen LogP contribution in [-0.4, -0.2) is 23.1 Å². The molecule has 0 aliphatic heterocycles. The van der Waals surface area contributed by atoms with E-state index in [0.29, 0.717) is 5.75 Å². The molecule has 1 unspecified atom stereocenters. The van der Waals surface area contributed by atoms with Crippen LogP contribution in [0.25, 0.3) is 0 Å². The van der Waals surface area contributed by atoms with E-state index in [1.807, 2.05) is 25.1 Å². The number of aliphatic hydroxyl groups is 2. The molecule has 0 heterocycles. The predicted molar refractivity (Wildman–Crippen MR) is 49.5 cm³/mol. The minimum absolute atomic E-state index is 0.0764. The molecule has 1 aromatic carbocycles. The van der Waals surface area contributed by atoms with Crippen LogP contribution in [0.4, 0.5) is 0 Å². The summed E-state index contributed by atoms with van der Waals surface area (Å²) in [6.07, 6.45) is -0.694. The van der Waals surface area contributed by atoms with E-state index in [1.165, 1.54) is 0 Å². The first-order valence-electron chi connectivity index (χ1n) is 4.24. The molecule has 2 N–H and O–H groups in total. The van der Waals surface area contributed by atoms with E-state index in [4.69, 9.17) is 9.84 Å². The fraction of sp³-hybridized carbons (Fsp3) is 0.400. The van der Waals surface area contributed by atoms with Crippen molar-refractivity contribution < 1.29 is 14.9 Å². The quantitative estimate of drug-likeness (QED) is 0.685. The van der Waals surface area contributed by atoms with Gasteiger partial charge in [0.15, 0.2) is 6.29 Å². The SMILES string of the molecule is Cc1cccc(OC(O)CCO)c1. The zero-order valence-electron chi connectivity index (χ0n) is 7.60. The number of benzene rings is 1. The van der Waals surface area contributed by atoms with Crippen molar-refractivity contribution in [2.24, 2.45) is 0 Å². The molecule has 1 atom stereocenters. The Morgan fingerprint density at radius 3 is 2.85 bits per heavy atom. The van der Waals surface area contributed by atoms with Crippen LogP contribution in [-0.2, 0) is 0 Å². The van der Waals surface area contributed by atoms with Crippen LogP contribution < -0.4 is 4.74 Å². The van der Waals surface area contributed by atoms with E-state index in [0.717, 1.165) is 5.56 Å². The van der Waals surface area contributed by atoms with Gasteiger partial charge in [-0.15, -0.1) is 0 Å². The topological polar surface area (TPSA) is 49.7 Å². The third-order valence-corrected chi connectivity index (χ3v) is 1.64. The molecule has 0 aliphatic rings. The van der Waals surface area contributed by atoms with Crippen molar-refractivity contribution in [3.05, 3.63) is 29.8 Å². The Bertz CT molecular complexity index is 260. The molecule has 0 fully saturated rings. The van der Waals surface area contributed by atoms with Gasteiger partial charge in [-0.1, -0.05) is 12.1 Å². The predicted octanol–water partition coefficient (Wildman–Crippen LogP) is 1.07. The molecule has 0 bridgehead atoms. The van der Waals surface area contributed by atoms with Crippen LogP contribution in [0.2, 0.25) is 0 Å². The van der Waals surface area contributed by atoms with Crippen LogP contribution in [0.3, 0.4) is 0 Å². The highest BCUT2D eigenvalue weighted by Crippen LogP contribution is 2.14. The smallest absolute Gasteiger partial charge is 0.199 e. The second-order valence-electron chi connectivity index (χ2n) is 2.90. The Morgan fingerprint density at radius 1 is 1.46 bits per heavy atom. The summed E-state index contributed by atoms with van der Waals surface area (Å²) in [6.45, 7) is 1.87. The van der Waals surface area contributed by atoms with E-state index in [-0.39, 0.29) is 13.0 Å². The molecule has 0 saturated heterocycles. The molecule has 0 aliphatic carbocycles. The van der Waals surface area contributed by atoms with Gasteiger partial charge in [-0.05, 0) is 24.6 Å². The lowest BCUT2D eigenvalue weighted by Gasteiger charge is -2.12. The van der Waals surface area contributed by atoms with Crippen molar-refractivity contribution in [3.63, 3.8) is 0 Å². The fourth-order valence-electron chi connectivity index (χ4n) is 1.02. The number of aryl methyl sites for hydroxylation is 1. The van der Waals surface area contributed by atoms with Gasteiger partial charge in [0.1, 0.15) is 5.75 Å². The molecule has 3 nitrogen and oxygen atoms in total. The minimum Gasteiger partial charge on any atom is -0.465 e. The van der Waals surface area contributed by atoms with Crippen molar-refractivity contribution in [2.45, 2.75) is 19.6 Å². The van der Waals surface area contributed by atoms with E-state index < -0.39 is 6.29 Å². The van der Waals surface area contributed by atoms with Crippen molar-refractivity contribution in [2.75, 3.05) is 6.61 Å². The van der Waals surface area contributed by atoms with E-state index in [2.05, 4.69) is 0 Å². The summed E-state index contributed by atoms with van der Waals surface area (Å²) in [4.78, 5) is 0. The minimum atomic E-state index is -0.924. The van der Waals surface area contributed by atoms with Gasteiger partial charge in [-0.2, -0.15) is 0 Å². The van der Waals surface area contributed by atoms with Crippen LogP contribution >= 0.6 is 0 Å². The highest BCUT2D eigenvalue weighted by molar-refractivity contribution is 5.27. The van der Waals surface area contributed by atoms with Gasteiger partial charge in [0.2, 0.25) is 0 Å². The van der Waals surface area contributed by atoms with Gasteiger partial charge >= 0.3 is 0 Å². The molecule has 0 radical (unpaired) electrons. The second kappa shape index (κ2) is 4.84. The molecule has 3 heteroatoms. The second-order valence-corrected chi connectivity index (χ2v) is 2.90. The lowest BCUT2D eigenvalue weighted by Crippen LogP contribution is -2.16. The molecular weight excluding hydrogens is 168 g/mol. The van der Waals surface area contributed by atoms with Crippen molar-refractivity contribution in [1.29, 1.82) is 0 Å². The van der Waals surface area contributed by atoms with Crippen LogP contribution in [0.15, 0.2) is 24.3 Å². The van der Waals surface area contributed by atoms with Crippen LogP contribution in [0.1, 0.15) is 12.0 Å². The maximum atomic E-state index is 9.21. The monoisotopic (exact) mass is 182 g/mol. The first-order chi connectivity index (χ1) is 6.22. The third-order valence-electron chi connectivity index (χ3n) is 1.64. The Balaban J connectivity index is 2.53. The molecule has 0 aromatic heterocycles. The zero-order valence-corrected chi connectivity index (χ0v) is 7.60. The molecule has 0 spiro atoms. The van der Waals surface area contributed by atoms with Gasteiger partial charge in [-0.3, -0.25) is 0 Å². The number of aliphatic hydroxyl groups excluding tert-OH is 2. The summed E-state index contributed by atoms with van der Waals surface area (Å²) >= 11 is 0. The van der Waals surface area contributed by atoms with Crippen molar-refractivity contribution in [1.82, 2.24) is 0 Å². The lowest BCUT2D eigenvalue weighted by atomic mass is 10.2. The molecular formula is C10H14O3. The Labute approximate surface area is 77.6 Å². The van der Waals surface area contributed by atoms with Crippen molar-refractivity contribution in [3.8, 4) is 5.75 Å². The van der Waals surface area contributed by atoms with E-state index >= 15 is 0 Å². The van der Waals surface area contributed by atoms with Gasteiger partial charge in [-0.25, -0.2) is 0 Å². The van der Waals surface area contributed by atoms with E-state index in [9.17, 15) is 5.11 Å². The molecule has 72 valence electrons. The highest BCUT2D eigenvalue weighted by Gasteiger charge is 2.03. The number of hydrogen-bond donors (Lipinski definition) is 2. The Kier molecular flexibility index (Phi) is 3.73. The fourth-order valence-corrected chi connectivity index (χ4v) is 1.02. The normalized spacial score (nSPS) is 12.5. The summed E-state index contributed by atoms with van der Waals surface area (Å²) in [7, 11) is 0. The average Bonchev–Trinajstić information content (AvgIpc) is 2.04. The van der Waals surface area contributed by atoms with Gasteiger partial charge in [0.05, 0.1) is 0 Å². The van der Waals surface area contributed by atoms with Gasteiger partial charge in [0, 0.05) is 13.0 Å². The summed E-state index contributed by atoms with van der Waals surface area (Å²) in [5.41, 5.74) is 1.08. The maximum absolute atomic E-state index is 9.21. The molecule has 1 aromatic rings. The van der Waals surface area contributed by atoms with Crippen molar-refractivity contribution >= 4 is 0 Å². The molecule has 0 saturated carbocycles. The van der Waals surface area contributed by atoms with Crippen LogP contribution in [0.5, 0.6) is 5.75 Å². The summed E-state index contributed by atoms with van der Waals surface area (Å²) in [6, 6.07) is 7.41. The average molecular weight is 182 g/mol. The van der Waals surface area contributed by atoms with Gasteiger partial charge in [0.25, 0.3) is 0 Å². The summed E-state index contributed by atoms with van der Waals surface area (Å²) < 4.78 is 5.13. The van der Waals surface area contributed by atoms with Gasteiger partial charge < -0.3 is 14.9 Å². The van der Waals surface area contributed by atoms with Crippen LogP contribution in [0, 0.1) is 6.92 Å². The number of ether oxygens (including phenoxy) is 1. The standard InChI is InChI=1S/C10H14O3/c1-8-3-2-4-9(7-8)13-10(12)5-6-11/h2-4,7,10-12H,5-6H2,1H3. The molecule has 13 heavy (non-hydrogen) atoms. The lowest BCUT2D eigenvalue weighted by molar-refractivity contribution is -0.0327. The Morgan fingerprint density at radius 2 is 2.23 bits per heavy atom. The highest BCUT2D eigenvalue weighted by atomic mass is 16.6. The summed E-state index contributed by atoms with van der Waals surface area (Å²) in [5.74, 6) is 0.626. The first-order valence-corrected chi connectivity index (χ1v) is 4.24. The number of rotatable bonds is 4. The molecule has 0 amide bonds. The maximum Gasteiger partial charge on any atom is 0.199 e. The number of hydrogen-bond acceptors (Lipinski definition) is 3. The largest absolute Gasteiger partial charge is 0.465 e. The summed E-state index contributed by atoms with van der Waals surface area (Å²) in [5, 5.41) is 17.7. The first kappa shape index (κ1) is 10.0.